The van der Waals surface area contributed by atoms with Gasteiger partial charge in [0.05, 0.1) is 0 Å². The van der Waals surface area contributed by atoms with Crippen molar-refractivity contribution in [2.75, 3.05) is 0 Å². The minimum atomic E-state index is 0.709. The van der Waals surface area contributed by atoms with Crippen LogP contribution in [0.2, 0.25) is 0 Å². The summed E-state index contributed by atoms with van der Waals surface area (Å²) < 4.78 is 0. The molecule has 3 rings (SSSR count). The molecule has 1 aliphatic carbocycles. The predicted molar refractivity (Wildman–Crippen MR) is 90.4 cm³/mol. The average Bonchev–Trinajstić information content (AvgIpc) is 3.06. The number of rotatable bonds is 4. The minimum absolute atomic E-state index is 0.709. The molecule has 2 heterocycles. The van der Waals surface area contributed by atoms with Crippen molar-refractivity contribution >= 4 is 22.7 Å². The molecule has 0 bridgehead atoms. The van der Waals surface area contributed by atoms with Crippen molar-refractivity contribution < 1.29 is 0 Å². The highest BCUT2D eigenvalue weighted by Gasteiger charge is 2.23. The molecule has 0 saturated heterocycles. The Labute approximate surface area is 130 Å². The lowest BCUT2D eigenvalue weighted by Crippen LogP contribution is -2.35. The molecule has 0 amide bonds. The van der Waals surface area contributed by atoms with Gasteiger partial charge in [0, 0.05) is 27.9 Å². The second kappa shape index (κ2) is 6.42. The Balaban J connectivity index is 1.56. The van der Waals surface area contributed by atoms with Crippen LogP contribution in [0.15, 0.2) is 29.0 Å². The fourth-order valence-electron chi connectivity index (χ4n) is 3.40. The molecule has 3 heteroatoms. The van der Waals surface area contributed by atoms with E-state index in [9.17, 15) is 0 Å². The Hall–Kier alpha value is -0.640. The number of hydrogen-bond donors (Lipinski definition) is 1. The summed E-state index contributed by atoms with van der Waals surface area (Å²) in [5.41, 5.74) is 1.38. The summed E-state index contributed by atoms with van der Waals surface area (Å²) in [6, 6.07) is 7.38. The predicted octanol–water partition coefficient (Wildman–Crippen LogP) is 5.39. The van der Waals surface area contributed by atoms with E-state index in [0.717, 1.165) is 18.4 Å². The fraction of sp³-hybridized carbons (Fsp3) is 0.529. The first-order chi connectivity index (χ1) is 9.70. The Bertz CT molecular complexity index is 519. The van der Waals surface area contributed by atoms with Crippen molar-refractivity contribution in [3.8, 4) is 10.4 Å². The van der Waals surface area contributed by atoms with E-state index in [-0.39, 0.29) is 0 Å². The minimum Gasteiger partial charge on any atom is -0.309 e. The van der Waals surface area contributed by atoms with E-state index in [1.54, 1.807) is 0 Å². The fourth-order valence-corrected chi connectivity index (χ4v) is 5.03. The molecule has 2 aromatic heterocycles. The normalized spacial score (nSPS) is 26.8. The smallest absolute Gasteiger partial charge is 0.0351 e. The molecular formula is C17H23NS2. The molecule has 0 spiro atoms. The first-order valence-electron chi connectivity index (χ1n) is 7.55. The molecule has 2 aromatic rings. The first kappa shape index (κ1) is 14.3. The first-order valence-corrected chi connectivity index (χ1v) is 9.31. The SMILES string of the molecule is CC1CC(C)CC(NCc2cc(-c3cccs3)cs2)C1. The van der Waals surface area contributed by atoms with Crippen molar-refractivity contribution in [3.63, 3.8) is 0 Å². The van der Waals surface area contributed by atoms with Gasteiger partial charge in [0.15, 0.2) is 0 Å². The van der Waals surface area contributed by atoms with Gasteiger partial charge in [-0.05, 0) is 54.0 Å². The van der Waals surface area contributed by atoms with Crippen LogP contribution in [0.5, 0.6) is 0 Å². The number of nitrogens with one attached hydrogen (secondary N) is 1. The Kier molecular flexibility index (Phi) is 4.59. The van der Waals surface area contributed by atoms with Gasteiger partial charge in [-0.1, -0.05) is 19.9 Å². The van der Waals surface area contributed by atoms with Gasteiger partial charge in [-0.2, -0.15) is 0 Å². The van der Waals surface area contributed by atoms with Gasteiger partial charge in [0.2, 0.25) is 0 Å². The van der Waals surface area contributed by atoms with E-state index in [1.165, 1.54) is 34.6 Å². The highest BCUT2D eigenvalue weighted by molar-refractivity contribution is 7.14. The van der Waals surface area contributed by atoms with Crippen LogP contribution >= 0.6 is 22.7 Å². The van der Waals surface area contributed by atoms with Crippen molar-refractivity contribution in [2.45, 2.75) is 45.7 Å². The lowest BCUT2D eigenvalue weighted by Gasteiger charge is -2.32. The maximum atomic E-state index is 3.77. The van der Waals surface area contributed by atoms with Crippen molar-refractivity contribution in [1.82, 2.24) is 5.32 Å². The topological polar surface area (TPSA) is 12.0 Å². The van der Waals surface area contributed by atoms with Crippen LogP contribution in [0.25, 0.3) is 10.4 Å². The summed E-state index contributed by atoms with van der Waals surface area (Å²) in [5.74, 6) is 1.75. The summed E-state index contributed by atoms with van der Waals surface area (Å²) in [4.78, 5) is 2.84. The van der Waals surface area contributed by atoms with E-state index in [4.69, 9.17) is 0 Å². The summed E-state index contributed by atoms with van der Waals surface area (Å²) >= 11 is 3.70. The third-order valence-corrected chi connectivity index (χ3v) is 6.06. The van der Waals surface area contributed by atoms with E-state index in [0.29, 0.717) is 6.04 Å². The highest BCUT2D eigenvalue weighted by atomic mass is 32.1. The molecule has 0 aromatic carbocycles. The van der Waals surface area contributed by atoms with Crippen molar-refractivity contribution in [2.24, 2.45) is 11.8 Å². The van der Waals surface area contributed by atoms with E-state index < -0.39 is 0 Å². The second-order valence-corrected chi connectivity index (χ2v) is 8.22. The van der Waals surface area contributed by atoms with Gasteiger partial charge < -0.3 is 5.32 Å². The van der Waals surface area contributed by atoms with Crippen LogP contribution in [-0.2, 0) is 6.54 Å². The number of hydrogen-bond acceptors (Lipinski definition) is 3. The van der Waals surface area contributed by atoms with Gasteiger partial charge in [-0.25, -0.2) is 0 Å². The summed E-state index contributed by atoms with van der Waals surface area (Å²) in [6.07, 6.45) is 4.08. The van der Waals surface area contributed by atoms with Crippen LogP contribution in [-0.4, -0.2) is 6.04 Å². The van der Waals surface area contributed by atoms with Crippen LogP contribution in [0.1, 0.15) is 38.0 Å². The van der Waals surface area contributed by atoms with Gasteiger partial charge >= 0.3 is 0 Å². The zero-order valence-corrected chi connectivity index (χ0v) is 13.9. The molecule has 2 atom stereocenters. The molecule has 2 unspecified atom stereocenters. The summed E-state index contributed by atoms with van der Waals surface area (Å²) in [6.45, 7) is 5.81. The van der Waals surface area contributed by atoms with Crippen LogP contribution in [0.4, 0.5) is 0 Å². The third-order valence-electron chi connectivity index (χ3n) is 4.20. The van der Waals surface area contributed by atoms with E-state index >= 15 is 0 Å². The molecule has 1 aliphatic rings. The molecular weight excluding hydrogens is 282 g/mol. The second-order valence-electron chi connectivity index (χ2n) is 6.27. The zero-order chi connectivity index (χ0) is 13.9. The van der Waals surface area contributed by atoms with Crippen LogP contribution in [0, 0.1) is 11.8 Å². The largest absolute Gasteiger partial charge is 0.309 e. The Morgan fingerprint density at radius 3 is 2.65 bits per heavy atom. The van der Waals surface area contributed by atoms with Crippen molar-refractivity contribution in [1.29, 1.82) is 0 Å². The molecule has 1 fully saturated rings. The van der Waals surface area contributed by atoms with E-state index in [2.05, 4.69) is 48.1 Å². The molecule has 1 nitrogen and oxygen atoms in total. The number of thiophene rings is 2. The maximum absolute atomic E-state index is 3.77. The maximum Gasteiger partial charge on any atom is 0.0351 e. The lowest BCUT2D eigenvalue weighted by molar-refractivity contribution is 0.238. The van der Waals surface area contributed by atoms with Crippen LogP contribution in [0.3, 0.4) is 0 Å². The monoisotopic (exact) mass is 305 g/mol. The summed E-state index contributed by atoms with van der Waals surface area (Å²) in [5, 5.41) is 8.21. The molecule has 0 aliphatic heterocycles. The molecule has 1 saturated carbocycles. The Morgan fingerprint density at radius 1 is 1.15 bits per heavy atom. The third kappa shape index (κ3) is 3.51. The zero-order valence-electron chi connectivity index (χ0n) is 12.3. The molecule has 0 radical (unpaired) electrons. The van der Waals surface area contributed by atoms with Gasteiger partial charge in [-0.3, -0.25) is 0 Å². The molecule has 20 heavy (non-hydrogen) atoms. The lowest BCUT2D eigenvalue weighted by atomic mass is 9.80. The summed E-state index contributed by atoms with van der Waals surface area (Å²) in [7, 11) is 0. The quantitative estimate of drug-likeness (QED) is 0.798. The van der Waals surface area contributed by atoms with Gasteiger partial charge in [-0.15, -0.1) is 22.7 Å². The van der Waals surface area contributed by atoms with Crippen LogP contribution < -0.4 is 5.32 Å². The van der Waals surface area contributed by atoms with E-state index in [1.807, 2.05) is 22.7 Å². The standard InChI is InChI=1S/C17H23NS2/c1-12-6-13(2)8-15(7-12)18-10-16-9-14(11-20-16)17-4-3-5-19-17/h3-5,9,11-13,15,18H,6-8,10H2,1-2H3. The molecule has 1 N–H and O–H groups in total. The Morgan fingerprint density at radius 2 is 1.95 bits per heavy atom. The van der Waals surface area contributed by atoms with Crippen molar-refractivity contribution in [3.05, 3.63) is 33.8 Å². The molecule has 108 valence electrons. The average molecular weight is 306 g/mol. The van der Waals surface area contributed by atoms with Gasteiger partial charge in [0.25, 0.3) is 0 Å². The highest BCUT2D eigenvalue weighted by Crippen LogP contribution is 2.31. The van der Waals surface area contributed by atoms with Gasteiger partial charge in [0.1, 0.15) is 0 Å².